The second kappa shape index (κ2) is 10.5. The topological polar surface area (TPSA) is 85.2 Å². The average Bonchev–Trinajstić information content (AvgIpc) is 3.39. The monoisotopic (exact) mass is 474 g/mol. The van der Waals surface area contributed by atoms with Crippen LogP contribution in [0.3, 0.4) is 0 Å². The lowest BCUT2D eigenvalue weighted by atomic mass is 10.1. The Morgan fingerprint density at radius 3 is 2.35 bits per heavy atom. The van der Waals surface area contributed by atoms with Crippen molar-refractivity contribution >= 4 is 15.8 Å². The first-order valence-electron chi connectivity index (χ1n) is 11.0. The lowest BCUT2D eigenvalue weighted by molar-refractivity contribution is -0.116. The molecule has 34 heavy (non-hydrogen) atoms. The molecule has 2 aromatic carbocycles. The maximum atomic E-state index is 13.5. The van der Waals surface area contributed by atoms with Crippen molar-refractivity contribution in [3.05, 3.63) is 108 Å². The second-order valence-electron chi connectivity index (χ2n) is 8.10. The molecule has 0 saturated carbocycles. The van der Waals surface area contributed by atoms with E-state index in [0.717, 1.165) is 22.4 Å². The van der Waals surface area contributed by atoms with Gasteiger partial charge in [0.1, 0.15) is 10.7 Å². The van der Waals surface area contributed by atoms with Crippen LogP contribution >= 0.6 is 0 Å². The summed E-state index contributed by atoms with van der Waals surface area (Å²) in [6.45, 7) is 1.98. The van der Waals surface area contributed by atoms with Crippen molar-refractivity contribution in [2.45, 2.75) is 37.8 Å². The first kappa shape index (κ1) is 23.5. The second-order valence-corrected chi connectivity index (χ2v) is 10.0. The van der Waals surface area contributed by atoms with Crippen LogP contribution in [0.25, 0.3) is 5.69 Å². The first-order valence-corrected chi connectivity index (χ1v) is 12.4. The summed E-state index contributed by atoms with van der Waals surface area (Å²) < 4.78 is 30.2. The number of ketones is 1. The fourth-order valence-corrected chi connectivity index (χ4v) is 5.04. The molecule has 0 saturated heterocycles. The zero-order valence-corrected chi connectivity index (χ0v) is 19.7. The zero-order valence-electron chi connectivity index (χ0n) is 18.9. The summed E-state index contributed by atoms with van der Waals surface area (Å²) in [6, 6.07) is 20.4. The standard InChI is InChI=1S/C26H26N4O3S/c1-21(31)8-9-22-5-2-6-24(17-22)20-29(34(32,33)26-7-3-14-27-18-26)19-23-10-12-25(13-11-23)30-16-4-15-28-30/h2-7,10-18H,8-9,19-20H2,1H3. The number of sulfonamides is 1. The Morgan fingerprint density at radius 1 is 0.912 bits per heavy atom. The number of hydrogen-bond acceptors (Lipinski definition) is 5. The van der Waals surface area contributed by atoms with Crippen molar-refractivity contribution in [2.24, 2.45) is 0 Å². The molecule has 0 N–H and O–H groups in total. The van der Waals surface area contributed by atoms with Gasteiger partial charge >= 0.3 is 0 Å². The van der Waals surface area contributed by atoms with Crippen molar-refractivity contribution in [1.29, 1.82) is 0 Å². The third kappa shape index (κ3) is 5.84. The Hall–Kier alpha value is -3.62. The molecular weight excluding hydrogens is 448 g/mol. The van der Waals surface area contributed by atoms with Gasteiger partial charge in [0.15, 0.2) is 0 Å². The number of Topliss-reactive ketones (excluding diaryl/α,β-unsaturated/α-hetero) is 1. The number of benzene rings is 2. The number of rotatable bonds is 10. The van der Waals surface area contributed by atoms with Gasteiger partial charge in [-0.3, -0.25) is 4.98 Å². The average molecular weight is 475 g/mol. The minimum absolute atomic E-state index is 0.129. The van der Waals surface area contributed by atoms with Gasteiger partial charge in [0, 0.05) is 44.3 Å². The molecule has 0 atom stereocenters. The highest BCUT2D eigenvalue weighted by Gasteiger charge is 2.25. The molecule has 2 heterocycles. The lowest BCUT2D eigenvalue weighted by Crippen LogP contribution is -2.30. The smallest absolute Gasteiger partial charge is 0.245 e. The summed E-state index contributed by atoms with van der Waals surface area (Å²) in [5.74, 6) is 0.129. The molecule has 8 heteroatoms. The third-order valence-corrected chi connectivity index (χ3v) is 7.23. The minimum Gasteiger partial charge on any atom is -0.300 e. The van der Waals surface area contributed by atoms with E-state index in [1.54, 1.807) is 36.1 Å². The molecule has 0 amide bonds. The molecule has 2 aromatic heterocycles. The van der Waals surface area contributed by atoms with Crippen LogP contribution in [0.5, 0.6) is 0 Å². The van der Waals surface area contributed by atoms with E-state index in [9.17, 15) is 13.2 Å². The van der Waals surface area contributed by atoms with E-state index < -0.39 is 10.0 Å². The molecule has 0 radical (unpaired) electrons. The largest absolute Gasteiger partial charge is 0.300 e. The predicted octanol–water partition coefficient (Wildman–Crippen LogP) is 4.18. The van der Waals surface area contributed by atoms with Crippen LogP contribution in [0.2, 0.25) is 0 Å². The summed E-state index contributed by atoms with van der Waals surface area (Å²) in [7, 11) is -3.79. The highest BCUT2D eigenvalue weighted by Crippen LogP contribution is 2.22. The van der Waals surface area contributed by atoms with Crippen LogP contribution in [0, 0.1) is 0 Å². The molecule has 0 fully saturated rings. The van der Waals surface area contributed by atoms with Gasteiger partial charge in [0.25, 0.3) is 0 Å². The lowest BCUT2D eigenvalue weighted by Gasteiger charge is -2.23. The van der Waals surface area contributed by atoms with E-state index in [0.29, 0.717) is 12.8 Å². The summed E-state index contributed by atoms with van der Waals surface area (Å²) in [6.07, 6.45) is 7.58. The zero-order chi connectivity index (χ0) is 24.0. The van der Waals surface area contributed by atoms with Gasteiger partial charge in [-0.05, 0) is 60.4 Å². The van der Waals surface area contributed by atoms with Gasteiger partial charge in [-0.25, -0.2) is 13.1 Å². The third-order valence-electron chi connectivity index (χ3n) is 5.45. The normalized spacial score (nSPS) is 11.6. The summed E-state index contributed by atoms with van der Waals surface area (Å²) in [5, 5.41) is 4.23. The first-order chi connectivity index (χ1) is 16.4. The van der Waals surface area contributed by atoms with Crippen LogP contribution < -0.4 is 0 Å². The maximum absolute atomic E-state index is 13.5. The number of carbonyl (C=O) groups is 1. The highest BCUT2D eigenvalue weighted by atomic mass is 32.2. The molecule has 4 aromatic rings. The van der Waals surface area contributed by atoms with Crippen molar-refractivity contribution in [2.75, 3.05) is 0 Å². The molecule has 174 valence electrons. The Morgan fingerprint density at radius 2 is 1.68 bits per heavy atom. The van der Waals surface area contributed by atoms with Crippen LogP contribution in [-0.2, 0) is 34.3 Å². The number of aromatic nitrogens is 3. The fraction of sp³-hybridized carbons (Fsp3) is 0.192. The number of nitrogens with zero attached hydrogens (tertiary/aromatic N) is 4. The van der Waals surface area contributed by atoms with Crippen LogP contribution in [0.1, 0.15) is 30.0 Å². The van der Waals surface area contributed by atoms with E-state index in [1.807, 2.05) is 60.8 Å². The number of hydrogen-bond donors (Lipinski definition) is 0. The molecule has 0 unspecified atom stereocenters. The van der Waals surface area contributed by atoms with E-state index >= 15 is 0 Å². The predicted molar refractivity (Wildman–Crippen MR) is 130 cm³/mol. The summed E-state index contributed by atoms with van der Waals surface area (Å²) in [4.78, 5) is 15.5. The van der Waals surface area contributed by atoms with Crippen molar-refractivity contribution in [3.8, 4) is 5.69 Å². The SMILES string of the molecule is CC(=O)CCc1cccc(CN(Cc2ccc(-n3cccn3)cc2)S(=O)(=O)c2cccnc2)c1. The number of aryl methyl sites for hydroxylation is 1. The summed E-state index contributed by atoms with van der Waals surface area (Å²) in [5.41, 5.74) is 3.63. The molecule has 7 nitrogen and oxygen atoms in total. The Balaban J connectivity index is 1.61. The number of pyridine rings is 1. The van der Waals surface area contributed by atoms with Crippen LogP contribution in [0.4, 0.5) is 0 Å². The van der Waals surface area contributed by atoms with Crippen molar-refractivity contribution in [1.82, 2.24) is 19.1 Å². The molecule has 0 aliphatic heterocycles. The van der Waals surface area contributed by atoms with Gasteiger partial charge in [-0.15, -0.1) is 0 Å². The number of carbonyl (C=O) groups excluding carboxylic acids is 1. The molecule has 4 rings (SSSR count). The highest BCUT2D eigenvalue weighted by molar-refractivity contribution is 7.89. The van der Waals surface area contributed by atoms with Gasteiger partial charge in [-0.2, -0.15) is 9.40 Å². The molecule has 0 aliphatic carbocycles. The summed E-state index contributed by atoms with van der Waals surface area (Å²) >= 11 is 0. The van der Waals surface area contributed by atoms with Crippen LogP contribution in [-0.4, -0.2) is 33.3 Å². The van der Waals surface area contributed by atoms with Crippen molar-refractivity contribution in [3.63, 3.8) is 0 Å². The van der Waals surface area contributed by atoms with E-state index in [2.05, 4.69) is 10.1 Å². The van der Waals surface area contributed by atoms with E-state index in [1.165, 1.54) is 10.5 Å². The minimum atomic E-state index is -3.79. The Bertz CT molecular complexity index is 1340. The van der Waals surface area contributed by atoms with Crippen molar-refractivity contribution < 1.29 is 13.2 Å². The Kier molecular flexibility index (Phi) is 7.30. The van der Waals surface area contributed by atoms with E-state index in [-0.39, 0.29) is 23.8 Å². The van der Waals surface area contributed by atoms with Gasteiger partial charge in [-0.1, -0.05) is 36.4 Å². The maximum Gasteiger partial charge on any atom is 0.245 e. The molecule has 0 aliphatic rings. The van der Waals surface area contributed by atoms with Gasteiger partial charge in [0.2, 0.25) is 10.0 Å². The molecular formula is C26H26N4O3S. The van der Waals surface area contributed by atoms with Gasteiger partial charge in [0.05, 0.1) is 5.69 Å². The van der Waals surface area contributed by atoms with E-state index in [4.69, 9.17) is 0 Å². The van der Waals surface area contributed by atoms with Gasteiger partial charge < -0.3 is 4.79 Å². The molecule has 0 spiro atoms. The molecule has 0 bridgehead atoms. The quantitative estimate of drug-likeness (QED) is 0.344. The fourth-order valence-electron chi connectivity index (χ4n) is 3.66. The Labute approximate surface area is 199 Å². The van der Waals surface area contributed by atoms with Crippen LogP contribution in [0.15, 0.2) is 96.4 Å².